The summed E-state index contributed by atoms with van der Waals surface area (Å²) < 4.78 is 0. The molecule has 1 aliphatic rings. The Morgan fingerprint density at radius 3 is 1.73 bits per heavy atom. The highest BCUT2D eigenvalue weighted by Gasteiger charge is 2.04. The van der Waals surface area contributed by atoms with Gasteiger partial charge in [-0.2, -0.15) is 0 Å². The molecule has 2 nitrogen and oxygen atoms in total. The van der Waals surface area contributed by atoms with Crippen molar-refractivity contribution >= 4 is 0 Å². The van der Waals surface area contributed by atoms with Crippen molar-refractivity contribution in [1.82, 2.24) is 10.4 Å². The molecule has 0 saturated carbocycles. The summed E-state index contributed by atoms with van der Waals surface area (Å²) in [6.45, 7) is 6.47. The van der Waals surface area contributed by atoms with E-state index in [2.05, 4.69) is 10.4 Å². The largest absolute Gasteiger partial charge is 0.258 e. The fourth-order valence-electron chi connectivity index (χ4n) is 1.29. The second kappa shape index (κ2) is 8.02. The first kappa shape index (κ1) is 10.9. The fraction of sp³-hybridized carbons (Fsp3) is 1.00. The lowest BCUT2D eigenvalue weighted by molar-refractivity contribution is 0.217. The minimum atomic E-state index is 1.23. The van der Waals surface area contributed by atoms with Gasteiger partial charge in [-0.15, -0.1) is 0 Å². The number of hydrogen-bond acceptors (Lipinski definition) is 2. The molecule has 1 aliphatic heterocycles. The molecule has 0 unspecified atom stereocenters. The van der Waals surface area contributed by atoms with Gasteiger partial charge in [0.15, 0.2) is 0 Å². The molecule has 1 rings (SSSR count). The summed E-state index contributed by atoms with van der Waals surface area (Å²) >= 11 is 0. The first-order valence-corrected chi connectivity index (χ1v) is 4.86. The van der Waals surface area contributed by atoms with Gasteiger partial charge >= 0.3 is 0 Å². The van der Waals surface area contributed by atoms with Crippen molar-refractivity contribution in [3.63, 3.8) is 0 Å². The van der Waals surface area contributed by atoms with Crippen molar-refractivity contribution < 1.29 is 0 Å². The predicted octanol–water partition coefficient (Wildman–Crippen LogP) is 2.02. The summed E-state index contributed by atoms with van der Waals surface area (Å²) in [6, 6.07) is 0. The minimum absolute atomic E-state index is 1.23. The molecule has 68 valence electrons. The van der Waals surface area contributed by atoms with Gasteiger partial charge in [0, 0.05) is 13.1 Å². The summed E-state index contributed by atoms with van der Waals surface area (Å²) in [5.41, 5.74) is 3.18. The van der Waals surface area contributed by atoms with E-state index in [4.69, 9.17) is 0 Å². The highest BCUT2D eigenvalue weighted by atomic mass is 15.5. The lowest BCUT2D eigenvalue weighted by atomic mass is 10.2. The predicted molar refractivity (Wildman–Crippen MR) is 50.4 cm³/mol. The zero-order valence-corrected chi connectivity index (χ0v) is 8.19. The molecule has 0 aromatic carbocycles. The minimum Gasteiger partial charge on any atom is -0.258 e. The second-order valence-corrected chi connectivity index (χ2v) is 2.62. The molecule has 11 heavy (non-hydrogen) atoms. The van der Waals surface area contributed by atoms with E-state index in [-0.39, 0.29) is 0 Å². The topological polar surface area (TPSA) is 15.3 Å². The van der Waals surface area contributed by atoms with Crippen LogP contribution in [0.1, 0.15) is 39.5 Å². The van der Waals surface area contributed by atoms with Crippen LogP contribution in [0, 0.1) is 0 Å². The van der Waals surface area contributed by atoms with Gasteiger partial charge in [0.1, 0.15) is 0 Å². The van der Waals surface area contributed by atoms with Crippen molar-refractivity contribution in [1.29, 1.82) is 0 Å². The second-order valence-electron chi connectivity index (χ2n) is 2.62. The Bertz CT molecular complexity index is 66.0. The number of nitrogens with zero attached hydrogens (tertiary/aromatic N) is 1. The maximum atomic E-state index is 3.18. The van der Waals surface area contributed by atoms with Crippen LogP contribution in [0.5, 0.6) is 0 Å². The summed E-state index contributed by atoms with van der Waals surface area (Å²) in [6.07, 6.45) is 5.55. The zero-order chi connectivity index (χ0) is 8.53. The zero-order valence-electron chi connectivity index (χ0n) is 8.19. The van der Waals surface area contributed by atoms with E-state index in [0.717, 1.165) is 0 Å². The van der Waals surface area contributed by atoms with Crippen molar-refractivity contribution in [3.05, 3.63) is 0 Å². The van der Waals surface area contributed by atoms with Crippen LogP contribution in [-0.2, 0) is 0 Å². The molecule has 2 heteroatoms. The van der Waals surface area contributed by atoms with Gasteiger partial charge in [-0.1, -0.05) is 26.7 Å². The average Bonchev–Trinajstić information content (AvgIpc) is 2.35. The highest BCUT2D eigenvalue weighted by Crippen LogP contribution is 2.06. The molecule has 1 fully saturated rings. The number of nitrogens with one attached hydrogen (secondary N) is 1. The molecular weight excluding hydrogens is 136 g/mol. The van der Waals surface area contributed by atoms with Crippen molar-refractivity contribution in [3.8, 4) is 0 Å². The van der Waals surface area contributed by atoms with Crippen LogP contribution in [0.2, 0.25) is 0 Å². The number of hydrogen-bond donors (Lipinski definition) is 1. The van der Waals surface area contributed by atoms with Crippen LogP contribution in [0.4, 0.5) is 0 Å². The van der Waals surface area contributed by atoms with Crippen molar-refractivity contribution in [2.75, 3.05) is 20.1 Å². The molecule has 1 N–H and O–H groups in total. The molecule has 0 aliphatic carbocycles. The van der Waals surface area contributed by atoms with Crippen LogP contribution in [0.15, 0.2) is 0 Å². The quantitative estimate of drug-likeness (QED) is 0.628. The van der Waals surface area contributed by atoms with E-state index in [9.17, 15) is 0 Å². The van der Waals surface area contributed by atoms with Gasteiger partial charge in [-0.05, 0) is 19.9 Å². The molecule has 0 amide bonds. The van der Waals surface area contributed by atoms with Gasteiger partial charge in [0.2, 0.25) is 0 Å². The van der Waals surface area contributed by atoms with E-state index in [0.29, 0.717) is 0 Å². The van der Waals surface area contributed by atoms with Gasteiger partial charge in [-0.25, -0.2) is 5.01 Å². The Labute approximate surface area is 70.9 Å². The Kier molecular flexibility index (Phi) is 7.96. The van der Waals surface area contributed by atoms with Crippen LogP contribution in [0.25, 0.3) is 0 Å². The fourth-order valence-corrected chi connectivity index (χ4v) is 1.29. The van der Waals surface area contributed by atoms with Gasteiger partial charge in [0.05, 0.1) is 0 Å². The van der Waals surface area contributed by atoms with Crippen LogP contribution < -0.4 is 5.43 Å². The summed E-state index contributed by atoms with van der Waals surface area (Å²) in [5, 5.41) is 2.30. The molecule has 1 saturated heterocycles. The third-order valence-electron chi connectivity index (χ3n) is 1.92. The molecule has 0 aromatic rings. The van der Waals surface area contributed by atoms with Crippen LogP contribution in [-0.4, -0.2) is 25.1 Å². The highest BCUT2D eigenvalue weighted by molar-refractivity contribution is 4.57. The van der Waals surface area contributed by atoms with E-state index in [1.807, 2.05) is 20.9 Å². The standard InChI is InChI=1S/C7H16N2.C2H6/c1-8-9-6-4-2-3-5-7-9;1-2/h8H,2-7H2,1H3;1-2H3. The van der Waals surface area contributed by atoms with Crippen LogP contribution >= 0.6 is 0 Å². The Balaban J connectivity index is 0.000000461. The van der Waals surface area contributed by atoms with Crippen molar-refractivity contribution in [2.45, 2.75) is 39.5 Å². The molecular formula is C9H22N2. The summed E-state index contributed by atoms with van der Waals surface area (Å²) in [4.78, 5) is 0. The van der Waals surface area contributed by atoms with Gasteiger partial charge < -0.3 is 0 Å². The Hall–Kier alpha value is -0.0800. The van der Waals surface area contributed by atoms with E-state index in [1.54, 1.807) is 0 Å². The number of hydrazine groups is 1. The molecule has 0 aromatic heterocycles. The third-order valence-corrected chi connectivity index (χ3v) is 1.92. The smallest absolute Gasteiger partial charge is 0.0130 e. The molecule has 0 radical (unpaired) electrons. The van der Waals surface area contributed by atoms with E-state index < -0.39 is 0 Å². The first-order valence-electron chi connectivity index (χ1n) is 4.86. The average molecular weight is 158 g/mol. The summed E-state index contributed by atoms with van der Waals surface area (Å²) in [5.74, 6) is 0. The Morgan fingerprint density at radius 1 is 0.909 bits per heavy atom. The maximum absolute atomic E-state index is 3.18. The maximum Gasteiger partial charge on any atom is 0.0130 e. The monoisotopic (exact) mass is 158 g/mol. The SMILES string of the molecule is CC.CNN1CCCCCC1. The molecule has 1 heterocycles. The first-order chi connectivity index (χ1) is 5.43. The van der Waals surface area contributed by atoms with E-state index in [1.165, 1.54) is 38.8 Å². The lowest BCUT2D eigenvalue weighted by Crippen LogP contribution is -2.35. The third kappa shape index (κ3) is 5.22. The van der Waals surface area contributed by atoms with Crippen molar-refractivity contribution in [2.24, 2.45) is 0 Å². The molecule has 0 bridgehead atoms. The van der Waals surface area contributed by atoms with Gasteiger partial charge in [-0.3, -0.25) is 5.43 Å². The van der Waals surface area contributed by atoms with E-state index >= 15 is 0 Å². The number of rotatable bonds is 1. The molecule has 0 spiro atoms. The normalized spacial score (nSPS) is 19.9. The Morgan fingerprint density at radius 2 is 1.36 bits per heavy atom. The molecule has 0 atom stereocenters. The summed E-state index contributed by atoms with van der Waals surface area (Å²) in [7, 11) is 2.01. The van der Waals surface area contributed by atoms with Crippen LogP contribution in [0.3, 0.4) is 0 Å². The lowest BCUT2D eigenvalue weighted by Gasteiger charge is -2.17. The van der Waals surface area contributed by atoms with Gasteiger partial charge in [0.25, 0.3) is 0 Å².